The van der Waals surface area contributed by atoms with Gasteiger partial charge in [-0.05, 0) is 56.7 Å². The number of esters is 1. The average molecular weight is 666 g/mol. The van der Waals surface area contributed by atoms with E-state index >= 15 is 0 Å². The van der Waals surface area contributed by atoms with Crippen molar-refractivity contribution in [1.82, 2.24) is 19.9 Å². The molecule has 0 saturated heterocycles. The quantitative estimate of drug-likeness (QED) is 0.162. The lowest BCUT2D eigenvalue weighted by atomic mass is 10.0. The van der Waals surface area contributed by atoms with Crippen molar-refractivity contribution in [3.63, 3.8) is 0 Å². The molecule has 0 bridgehead atoms. The molecule has 236 valence electrons. The van der Waals surface area contributed by atoms with E-state index in [-0.39, 0.29) is 34.5 Å². The summed E-state index contributed by atoms with van der Waals surface area (Å²) >= 11 is 18.9. The van der Waals surface area contributed by atoms with E-state index in [1.165, 1.54) is 36.3 Å². The molecule has 13 heteroatoms. The molecule has 0 fully saturated rings. The molecule has 0 spiro atoms. The molecule has 0 aliphatic carbocycles. The molecule has 4 rings (SSSR count). The van der Waals surface area contributed by atoms with Crippen LogP contribution in [0.2, 0.25) is 15.1 Å². The summed E-state index contributed by atoms with van der Waals surface area (Å²) in [7, 11) is 2.94. The van der Waals surface area contributed by atoms with Gasteiger partial charge in [-0.15, -0.1) is 0 Å². The molecule has 44 heavy (non-hydrogen) atoms. The zero-order chi connectivity index (χ0) is 32.8. The molecule has 4 aromatic rings. The van der Waals surface area contributed by atoms with E-state index in [1.807, 2.05) is 0 Å². The van der Waals surface area contributed by atoms with Crippen molar-refractivity contribution >= 4 is 68.5 Å². The highest BCUT2D eigenvalue weighted by Crippen LogP contribution is 2.40. The summed E-state index contributed by atoms with van der Waals surface area (Å²) < 4.78 is 17.3. The maximum atomic E-state index is 12.8. The number of nitrogens with zero attached hydrogens (tertiary/aromatic N) is 3. The van der Waals surface area contributed by atoms with E-state index in [9.17, 15) is 14.4 Å². The third-order valence-electron chi connectivity index (χ3n) is 6.21. The monoisotopic (exact) mass is 664 g/mol. The second kappa shape index (κ2) is 14.9. The first-order valence-electron chi connectivity index (χ1n) is 13.7. The summed E-state index contributed by atoms with van der Waals surface area (Å²) in [5.74, 6) is 0.0916. The Morgan fingerprint density at radius 3 is 2.27 bits per heavy atom. The molecule has 1 atom stereocenters. The van der Waals surface area contributed by atoms with Gasteiger partial charge in [-0.1, -0.05) is 48.7 Å². The summed E-state index contributed by atoms with van der Waals surface area (Å²) in [6, 6.07) is 4.71. The number of amides is 1. The van der Waals surface area contributed by atoms with Gasteiger partial charge in [0.2, 0.25) is 0 Å². The molecule has 0 aliphatic rings. The summed E-state index contributed by atoms with van der Waals surface area (Å²) in [6.07, 6.45) is 6.17. The fourth-order valence-corrected chi connectivity index (χ4v) is 5.25. The number of aryl methyl sites for hydroxylation is 1. The molecule has 10 nitrogen and oxygen atoms in total. The number of aromatic nitrogens is 3. The standard InChI is InChI=1S/C24H29Cl2N3O4.C7H6ClNO2/c1-13(2)9-14(28-23(31)33-24(3,4)5)12-32-21-18(25)10-16-15-7-8-27-11-17(15)22(30)29(6)20(16)19(21)26;1-11-7(10)5-4-9-3-2-6(5)8/h7-8,10-11,13-14H,9,12H2,1-6H3,(H,28,31);2-4H,1H3/t14-;/m0./s1. The summed E-state index contributed by atoms with van der Waals surface area (Å²) in [5.41, 5.74) is -0.0246. The number of pyridine rings is 3. The van der Waals surface area contributed by atoms with Gasteiger partial charge in [-0.3, -0.25) is 14.8 Å². The van der Waals surface area contributed by atoms with Crippen LogP contribution in [0.3, 0.4) is 0 Å². The van der Waals surface area contributed by atoms with E-state index in [0.717, 1.165) is 5.39 Å². The van der Waals surface area contributed by atoms with Crippen molar-refractivity contribution < 1.29 is 23.8 Å². The van der Waals surface area contributed by atoms with Crippen molar-refractivity contribution in [2.45, 2.75) is 52.7 Å². The second-order valence-electron chi connectivity index (χ2n) is 11.3. The fourth-order valence-electron chi connectivity index (χ4n) is 4.37. The van der Waals surface area contributed by atoms with Crippen LogP contribution in [-0.2, 0) is 16.5 Å². The van der Waals surface area contributed by atoms with Crippen molar-refractivity contribution in [2.75, 3.05) is 13.7 Å². The van der Waals surface area contributed by atoms with E-state index in [2.05, 4.69) is 33.9 Å². The van der Waals surface area contributed by atoms with Crippen LogP contribution < -0.4 is 15.6 Å². The van der Waals surface area contributed by atoms with Crippen molar-refractivity contribution in [2.24, 2.45) is 13.0 Å². The van der Waals surface area contributed by atoms with Crippen LogP contribution >= 0.6 is 34.8 Å². The molecular weight excluding hydrogens is 631 g/mol. The molecular formula is C31H35Cl3N4O6. The molecule has 0 radical (unpaired) electrons. The maximum Gasteiger partial charge on any atom is 0.407 e. The third kappa shape index (κ3) is 8.74. The summed E-state index contributed by atoms with van der Waals surface area (Å²) in [6.45, 7) is 9.65. The van der Waals surface area contributed by atoms with Gasteiger partial charge in [0.25, 0.3) is 5.56 Å². The zero-order valence-corrected chi connectivity index (χ0v) is 27.8. The summed E-state index contributed by atoms with van der Waals surface area (Å²) in [5, 5.41) is 5.67. The van der Waals surface area contributed by atoms with Gasteiger partial charge in [-0.2, -0.15) is 0 Å². The Morgan fingerprint density at radius 1 is 1.00 bits per heavy atom. The van der Waals surface area contributed by atoms with E-state index in [4.69, 9.17) is 44.3 Å². The number of carbonyl (C=O) groups excluding carboxylic acids is 2. The second-order valence-corrected chi connectivity index (χ2v) is 12.5. The fraction of sp³-hybridized carbons (Fsp3) is 0.387. The molecule has 3 aromatic heterocycles. The number of ether oxygens (including phenoxy) is 3. The normalized spacial score (nSPS) is 12.0. The number of rotatable bonds is 7. The first-order chi connectivity index (χ1) is 20.6. The summed E-state index contributed by atoms with van der Waals surface area (Å²) in [4.78, 5) is 43.8. The Kier molecular flexibility index (Phi) is 11.8. The first kappa shape index (κ1) is 34.9. The number of methoxy groups -OCH3 is 1. The smallest absolute Gasteiger partial charge is 0.407 e. The zero-order valence-electron chi connectivity index (χ0n) is 25.5. The van der Waals surface area contributed by atoms with Gasteiger partial charge >= 0.3 is 12.1 Å². The van der Waals surface area contributed by atoms with Gasteiger partial charge in [0.15, 0.2) is 5.75 Å². The Morgan fingerprint density at radius 2 is 1.66 bits per heavy atom. The lowest BCUT2D eigenvalue weighted by molar-refractivity contribution is 0.0479. The molecule has 1 aromatic carbocycles. The predicted molar refractivity (Wildman–Crippen MR) is 173 cm³/mol. The maximum absolute atomic E-state index is 12.8. The number of halogens is 3. The number of benzene rings is 1. The van der Waals surface area contributed by atoms with E-state index in [1.54, 1.807) is 46.1 Å². The minimum Gasteiger partial charge on any atom is -0.488 e. The third-order valence-corrected chi connectivity index (χ3v) is 7.17. The van der Waals surface area contributed by atoms with E-state index < -0.39 is 17.7 Å². The van der Waals surface area contributed by atoms with Crippen LogP contribution in [0.5, 0.6) is 5.75 Å². The van der Waals surface area contributed by atoms with Gasteiger partial charge in [0.1, 0.15) is 17.2 Å². The van der Waals surface area contributed by atoms with Crippen LogP contribution in [0.1, 0.15) is 51.4 Å². The van der Waals surface area contributed by atoms with Crippen LogP contribution in [0.15, 0.2) is 47.8 Å². The number of hydrogen-bond donors (Lipinski definition) is 1. The van der Waals surface area contributed by atoms with E-state index in [0.29, 0.717) is 38.7 Å². The molecule has 1 N–H and O–H groups in total. The average Bonchev–Trinajstić information content (AvgIpc) is 2.94. The van der Waals surface area contributed by atoms with Crippen LogP contribution in [-0.4, -0.2) is 52.0 Å². The highest BCUT2D eigenvalue weighted by Gasteiger charge is 2.23. The number of carbonyl (C=O) groups is 2. The molecule has 0 saturated carbocycles. The lowest BCUT2D eigenvalue weighted by Gasteiger charge is -2.25. The molecule has 3 heterocycles. The topological polar surface area (TPSA) is 122 Å². The molecule has 1 amide bonds. The van der Waals surface area contributed by atoms with Gasteiger partial charge in [-0.25, -0.2) is 9.59 Å². The van der Waals surface area contributed by atoms with Gasteiger partial charge < -0.3 is 24.1 Å². The Bertz CT molecular complexity index is 1720. The van der Waals surface area contributed by atoms with Crippen LogP contribution in [0.4, 0.5) is 4.79 Å². The number of nitrogens with one attached hydrogen (secondary N) is 1. The molecule has 0 unspecified atom stereocenters. The Balaban J connectivity index is 0.000000404. The SMILES string of the molecule is CC(C)C[C@@H](COc1c(Cl)cc2c3ccncc3c(=O)n(C)c2c1Cl)NC(=O)OC(C)(C)C.COC(=O)c1cnccc1Cl. The number of hydrogen-bond acceptors (Lipinski definition) is 8. The highest BCUT2D eigenvalue weighted by molar-refractivity contribution is 6.41. The largest absolute Gasteiger partial charge is 0.488 e. The lowest BCUT2D eigenvalue weighted by Crippen LogP contribution is -2.42. The van der Waals surface area contributed by atoms with Gasteiger partial charge in [0, 0.05) is 37.2 Å². The highest BCUT2D eigenvalue weighted by atomic mass is 35.5. The first-order valence-corrected chi connectivity index (χ1v) is 14.8. The minimum absolute atomic E-state index is 0.133. The Labute approximate surface area is 270 Å². The van der Waals surface area contributed by atoms with Crippen molar-refractivity contribution in [3.8, 4) is 5.75 Å². The van der Waals surface area contributed by atoms with Crippen LogP contribution in [0.25, 0.3) is 21.7 Å². The predicted octanol–water partition coefficient (Wildman–Crippen LogP) is 7.23. The van der Waals surface area contributed by atoms with Gasteiger partial charge in [0.05, 0.1) is 39.7 Å². The van der Waals surface area contributed by atoms with Crippen LogP contribution in [0, 0.1) is 5.92 Å². The number of fused-ring (bicyclic) bond motifs is 3. The van der Waals surface area contributed by atoms with Crippen molar-refractivity contribution in [1.29, 1.82) is 0 Å². The number of alkyl carbamates (subject to hydrolysis) is 1. The van der Waals surface area contributed by atoms with Crippen molar-refractivity contribution in [3.05, 3.63) is 74.0 Å². The molecule has 0 aliphatic heterocycles. The minimum atomic E-state index is -0.610. The Hall–Kier alpha value is -3.60.